The van der Waals surface area contributed by atoms with Crippen molar-refractivity contribution < 1.29 is 27.5 Å². The average molecular weight is 593 g/mol. The minimum atomic E-state index is -4.09. The summed E-state index contributed by atoms with van der Waals surface area (Å²) < 4.78 is 39.4. The Hall–Kier alpha value is -4.38. The number of ether oxygens (including phenoxy) is 2. The van der Waals surface area contributed by atoms with Crippen LogP contribution in [0.15, 0.2) is 88.9 Å². The molecule has 2 N–H and O–H groups in total. The lowest BCUT2D eigenvalue weighted by atomic mass is 9.95. The molecule has 0 aliphatic heterocycles. The first-order chi connectivity index (χ1) is 20.4. The van der Waals surface area contributed by atoms with E-state index in [1.807, 2.05) is 0 Å². The average Bonchev–Trinajstić information content (AvgIpc) is 3.01. The van der Waals surface area contributed by atoms with E-state index in [1.54, 1.807) is 73.7 Å². The molecule has 3 aromatic carbocycles. The molecule has 0 atom stereocenters. The Morgan fingerprint density at radius 2 is 1.60 bits per heavy atom. The third-order valence-corrected chi connectivity index (χ3v) is 8.45. The van der Waals surface area contributed by atoms with Crippen LogP contribution in [-0.4, -0.2) is 52.2 Å². The molecule has 0 heterocycles. The molecule has 1 aliphatic carbocycles. The molecule has 10 nitrogen and oxygen atoms in total. The molecule has 0 aromatic heterocycles. The zero-order valence-corrected chi connectivity index (χ0v) is 24.4. The van der Waals surface area contributed by atoms with E-state index in [1.165, 1.54) is 24.8 Å². The molecule has 0 unspecified atom stereocenters. The van der Waals surface area contributed by atoms with E-state index in [9.17, 15) is 18.0 Å². The molecule has 4 rings (SSSR count). The van der Waals surface area contributed by atoms with E-state index in [2.05, 4.69) is 15.8 Å². The maximum atomic E-state index is 13.6. The zero-order chi connectivity index (χ0) is 29.8. The third kappa shape index (κ3) is 8.56. The molecule has 0 bridgehead atoms. The highest BCUT2D eigenvalue weighted by molar-refractivity contribution is 7.92. The SMILES string of the molecule is CCOc1ccccc1N(CC(=O)N/N=C\c1ccc(OCC(=O)NC2CCCCC2)cc1)S(=O)(=O)c1ccccc1. The Morgan fingerprint density at radius 1 is 0.905 bits per heavy atom. The second-order valence-electron chi connectivity index (χ2n) is 9.78. The third-order valence-electron chi connectivity index (χ3n) is 6.68. The summed E-state index contributed by atoms with van der Waals surface area (Å²) in [6.07, 6.45) is 6.96. The van der Waals surface area contributed by atoms with E-state index in [0.29, 0.717) is 23.7 Å². The Bertz CT molecular complexity index is 1460. The molecule has 11 heteroatoms. The van der Waals surface area contributed by atoms with Crippen molar-refractivity contribution >= 4 is 33.7 Å². The zero-order valence-electron chi connectivity index (χ0n) is 23.6. The molecule has 1 fully saturated rings. The summed E-state index contributed by atoms with van der Waals surface area (Å²) in [6.45, 7) is 1.54. The van der Waals surface area contributed by atoms with Gasteiger partial charge in [-0.2, -0.15) is 5.10 Å². The normalized spacial score (nSPS) is 13.8. The van der Waals surface area contributed by atoms with Crippen molar-refractivity contribution in [1.29, 1.82) is 0 Å². The number of rotatable bonds is 13. The van der Waals surface area contributed by atoms with Crippen LogP contribution in [0.25, 0.3) is 0 Å². The lowest BCUT2D eigenvalue weighted by molar-refractivity contribution is -0.124. The lowest BCUT2D eigenvalue weighted by Gasteiger charge is -2.25. The van der Waals surface area contributed by atoms with Crippen LogP contribution in [0.1, 0.15) is 44.6 Å². The highest BCUT2D eigenvalue weighted by Crippen LogP contribution is 2.32. The molecule has 0 radical (unpaired) electrons. The standard InChI is InChI=1S/C31H36N4O6S/c1-2-40-29-16-10-9-15-28(29)35(42(38,39)27-13-7-4-8-14-27)22-30(36)34-32-21-24-17-19-26(20-18-24)41-23-31(37)33-25-11-5-3-6-12-25/h4,7-10,13-21,25H,2-3,5-6,11-12,22-23H2,1H3,(H,33,37)(H,34,36)/b32-21-. The van der Waals surface area contributed by atoms with Crippen LogP contribution in [0, 0.1) is 0 Å². The van der Waals surface area contributed by atoms with Gasteiger partial charge in [0.15, 0.2) is 6.61 Å². The maximum Gasteiger partial charge on any atom is 0.264 e. The van der Waals surface area contributed by atoms with Gasteiger partial charge in [-0.15, -0.1) is 0 Å². The molecule has 1 aliphatic rings. The van der Waals surface area contributed by atoms with Crippen molar-refractivity contribution in [1.82, 2.24) is 10.7 Å². The molecule has 2 amide bonds. The predicted molar refractivity (Wildman–Crippen MR) is 161 cm³/mol. The highest BCUT2D eigenvalue weighted by atomic mass is 32.2. The maximum absolute atomic E-state index is 13.6. The summed E-state index contributed by atoms with van der Waals surface area (Å²) in [5.74, 6) is 0.0951. The van der Waals surface area contributed by atoms with Crippen molar-refractivity contribution in [3.05, 3.63) is 84.4 Å². The summed E-state index contributed by atoms with van der Waals surface area (Å²) in [6, 6.07) is 21.6. The van der Waals surface area contributed by atoms with Gasteiger partial charge in [0.05, 0.1) is 23.4 Å². The fourth-order valence-electron chi connectivity index (χ4n) is 4.62. The van der Waals surface area contributed by atoms with Gasteiger partial charge in [-0.3, -0.25) is 13.9 Å². The van der Waals surface area contributed by atoms with Crippen LogP contribution < -0.4 is 24.5 Å². The first-order valence-electron chi connectivity index (χ1n) is 14.0. The van der Waals surface area contributed by atoms with Gasteiger partial charge in [-0.25, -0.2) is 13.8 Å². The van der Waals surface area contributed by atoms with Crippen LogP contribution in [-0.2, 0) is 19.6 Å². The smallest absolute Gasteiger partial charge is 0.264 e. The fraction of sp³-hybridized carbons (Fsp3) is 0.323. The first kappa shape index (κ1) is 30.6. The van der Waals surface area contributed by atoms with Crippen LogP contribution in [0.4, 0.5) is 5.69 Å². The number of para-hydroxylation sites is 2. The van der Waals surface area contributed by atoms with Crippen molar-refractivity contribution in [3.63, 3.8) is 0 Å². The van der Waals surface area contributed by atoms with Gasteiger partial charge < -0.3 is 14.8 Å². The molecular formula is C31H36N4O6S. The summed E-state index contributed by atoms with van der Waals surface area (Å²) in [5.41, 5.74) is 3.31. The molecule has 3 aromatic rings. The number of nitrogens with one attached hydrogen (secondary N) is 2. The second kappa shape index (κ2) is 15.0. The number of benzene rings is 3. The van der Waals surface area contributed by atoms with E-state index < -0.39 is 22.5 Å². The Balaban J connectivity index is 1.36. The van der Waals surface area contributed by atoms with Crippen LogP contribution >= 0.6 is 0 Å². The number of carbonyl (C=O) groups is 2. The van der Waals surface area contributed by atoms with E-state index in [-0.39, 0.29) is 29.1 Å². The van der Waals surface area contributed by atoms with Crippen molar-refractivity contribution in [3.8, 4) is 11.5 Å². The number of hydrogen-bond donors (Lipinski definition) is 2. The Morgan fingerprint density at radius 3 is 2.31 bits per heavy atom. The largest absolute Gasteiger partial charge is 0.492 e. The second-order valence-corrected chi connectivity index (χ2v) is 11.6. The molecular weight excluding hydrogens is 556 g/mol. The van der Waals surface area contributed by atoms with Gasteiger partial charge in [0.1, 0.15) is 18.0 Å². The van der Waals surface area contributed by atoms with Gasteiger partial charge in [0.25, 0.3) is 21.8 Å². The van der Waals surface area contributed by atoms with Gasteiger partial charge >= 0.3 is 0 Å². The number of sulfonamides is 1. The predicted octanol–water partition coefficient (Wildman–Crippen LogP) is 4.26. The quantitative estimate of drug-likeness (QED) is 0.226. The topological polar surface area (TPSA) is 126 Å². The van der Waals surface area contributed by atoms with E-state index in [0.717, 1.165) is 30.0 Å². The number of hydrogen-bond acceptors (Lipinski definition) is 7. The van der Waals surface area contributed by atoms with Crippen LogP contribution in [0.3, 0.4) is 0 Å². The summed E-state index contributed by atoms with van der Waals surface area (Å²) in [5, 5.41) is 7.01. The number of carbonyl (C=O) groups excluding carboxylic acids is 2. The molecule has 222 valence electrons. The number of nitrogens with zero attached hydrogens (tertiary/aromatic N) is 2. The monoisotopic (exact) mass is 592 g/mol. The summed E-state index contributed by atoms with van der Waals surface area (Å²) in [4.78, 5) is 25.1. The van der Waals surface area contributed by atoms with Gasteiger partial charge in [0.2, 0.25) is 0 Å². The minimum absolute atomic E-state index is 0.0429. The highest BCUT2D eigenvalue weighted by Gasteiger charge is 2.29. The van der Waals surface area contributed by atoms with Crippen molar-refractivity contribution in [2.75, 3.05) is 24.1 Å². The van der Waals surface area contributed by atoms with Crippen molar-refractivity contribution in [2.24, 2.45) is 5.10 Å². The van der Waals surface area contributed by atoms with Crippen molar-refractivity contribution in [2.45, 2.75) is 50.0 Å². The van der Waals surface area contributed by atoms with Gasteiger partial charge in [-0.05, 0) is 73.9 Å². The van der Waals surface area contributed by atoms with Gasteiger partial charge in [-0.1, -0.05) is 49.6 Å². The van der Waals surface area contributed by atoms with Crippen LogP contribution in [0.5, 0.6) is 11.5 Å². The van der Waals surface area contributed by atoms with E-state index >= 15 is 0 Å². The minimum Gasteiger partial charge on any atom is -0.492 e. The van der Waals surface area contributed by atoms with E-state index in [4.69, 9.17) is 9.47 Å². The fourth-order valence-corrected chi connectivity index (χ4v) is 6.07. The molecule has 42 heavy (non-hydrogen) atoms. The molecule has 0 spiro atoms. The Labute approximate surface area is 246 Å². The summed E-state index contributed by atoms with van der Waals surface area (Å²) >= 11 is 0. The van der Waals surface area contributed by atoms with Gasteiger partial charge in [0, 0.05) is 6.04 Å². The first-order valence-corrected chi connectivity index (χ1v) is 15.4. The number of hydrazone groups is 1. The van der Waals surface area contributed by atoms with Crippen LogP contribution in [0.2, 0.25) is 0 Å². The number of anilines is 1. The molecule has 1 saturated carbocycles. The Kier molecular flexibility index (Phi) is 10.9. The summed E-state index contributed by atoms with van der Waals surface area (Å²) in [7, 11) is -4.09. The number of amides is 2. The molecule has 0 saturated heterocycles. The lowest BCUT2D eigenvalue weighted by Crippen LogP contribution is -2.39.